The van der Waals surface area contributed by atoms with Gasteiger partial charge in [-0.05, 0) is 42.5 Å². The van der Waals surface area contributed by atoms with Crippen LogP contribution in [0.3, 0.4) is 0 Å². The Balaban J connectivity index is 1.54. The highest BCUT2D eigenvalue weighted by Gasteiger charge is 2.31. The van der Waals surface area contributed by atoms with Crippen LogP contribution in [0.2, 0.25) is 5.02 Å². The fraction of sp³-hybridized carbons (Fsp3) is 0.0909. The van der Waals surface area contributed by atoms with E-state index < -0.39 is 23.5 Å². The first-order valence-electron chi connectivity index (χ1n) is 9.64. The first-order chi connectivity index (χ1) is 16.2. The Hall–Kier alpha value is -3.44. The van der Waals surface area contributed by atoms with Crippen molar-refractivity contribution in [1.29, 1.82) is 0 Å². The minimum absolute atomic E-state index is 0.145. The Labute approximate surface area is 200 Å². The zero-order valence-corrected chi connectivity index (χ0v) is 18.6. The number of anilines is 1. The van der Waals surface area contributed by atoms with Crippen molar-refractivity contribution in [2.24, 2.45) is 0 Å². The van der Waals surface area contributed by atoms with Crippen molar-refractivity contribution in [3.05, 3.63) is 83.3 Å². The molecule has 0 atom stereocenters. The SMILES string of the molecule is O=C(CSc1nnc(-c2ccc(F)cc2)n1-c1ccccc1)Nc1ncc(C(F)(F)F)cc1Cl. The number of hydrogen-bond donors (Lipinski definition) is 1. The molecule has 6 nitrogen and oxygen atoms in total. The number of aromatic nitrogens is 4. The molecular formula is C22H14ClF4N5OS. The number of para-hydroxylation sites is 1. The summed E-state index contributed by atoms with van der Waals surface area (Å²) in [6, 6.07) is 15.6. The van der Waals surface area contributed by atoms with Crippen LogP contribution in [0.5, 0.6) is 0 Å². The summed E-state index contributed by atoms with van der Waals surface area (Å²) in [6.07, 6.45) is -4.01. The number of carbonyl (C=O) groups excluding carboxylic acids is 1. The number of nitrogens with one attached hydrogen (secondary N) is 1. The van der Waals surface area contributed by atoms with Crippen molar-refractivity contribution >= 4 is 35.1 Å². The molecule has 2 aromatic heterocycles. The molecule has 0 unspecified atom stereocenters. The second-order valence-electron chi connectivity index (χ2n) is 6.87. The lowest BCUT2D eigenvalue weighted by molar-refractivity contribution is -0.137. The fourth-order valence-electron chi connectivity index (χ4n) is 2.94. The van der Waals surface area contributed by atoms with Crippen LogP contribution in [0.25, 0.3) is 17.1 Å². The molecular weight excluding hydrogens is 494 g/mol. The van der Waals surface area contributed by atoms with E-state index in [-0.39, 0.29) is 16.6 Å². The second kappa shape index (κ2) is 9.82. The smallest absolute Gasteiger partial charge is 0.309 e. The molecule has 2 heterocycles. The van der Waals surface area contributed by atoms with Crippen molar-refractivity contribution in [2.75, 3.05) is 11.1 Å². The summed E-state index contributed by atoms with van der Waals surface area (Å²) in [6.45, 7) is 0. The van der Waals surface area contributed by atoms with E-state index in [1.807, 2.05) is 30.3 Å². The summed E-state index contributed by atoms with van der Waals surface area (Å²) < 4.78 is 53.4. The van der Waals surface area contributed by atoms with Crippen LogP contribution in [0, 0.1) is 5.82 Å². The van der Waals surface area contributed by atoms with Crippen molar-refractivity contribution in [2.45, 2.75) is 11.3 Å². The molecule has 12 heteroatoms. The van der Waals surface area contributed by atoms with E-state index in [9.17, 15) is 22.4 Å². The average Bonchev–Trinajstić information content (AvgIpc) is 3.23. The summed E-state index contributed by atoms with van der Waals surface area (Å²) >= 11 is 6.90. The summed E-state index contributed by atoms with van der Waals surface area (Å²) in [5.41, 5.74) is 0.325. The molecule has 0 spiro atoms. The van der Waals surface area contributed by atoms with E-state index in [2.05, 4.69) is 20.5 Å². The van der Waals surface area contributed by atoms with Crippen molar-refractivity contribution in [1.82, 2.24) is 19.7 Å². The van der Waals surface area contributed by atoms with Gasteiger partial charge in [0, 0.05) is 17.4 Å². The van der Waals surface area contributed by atoms with Gasteiger partial charge in [0.25, 0.3) is 0 Å². The Kier molecular flexibility index (Phi) is 6.85. The van der Waals surface area contributed by atoms with Crippen molar-refractivity contribution < 1.29 is 22.4 Å². The minimum Gasteiger partial charge on any atom is -0.309 e. The van der Waals surface area contributed by atoms with Gasteiger partial charge in [0.2, 0.25) is 5.91 Å². The van der Waals surface area contributed by atoms with Gasteiger partial charge in [-0.1, -0.05) is 41.6 Å². The maximum absolute atomic E-state index is 13.4. The largest absolute Gasteiger partial charge is 0.417 e. The van der Waals surface area contributed by atoms with Crippen LogP contribution in [0.1, 0.15) is 5.56 Å². The maximum Gasteiger partial charge on any atom is 0.417 e. The van der Waals surface area contributed by atoms with Gasteiger partial charge in [-0.25, -0.2) is 9.37 Å². The third-order valence-corrected chi connectivity index (χ3v) is 5.73. The molecule has 0 aliphatic rings. The van der Waals surface area contributed by atoms with E-state index in [1.165, 1.54) is 12.1 Å². The van der Waals surface area contributed by atoms with Crippen LogP contribution in [-0.4, -0.2) is 31.4 Å². The Bertz CT molecular complexity index is 1310. The monoisotopic (exact) mass is 507 g/mol. The topological polar surface area (TPSA) is 72.7 Å². The third-order valence-electron chi connectivity index (χ3n) is 4.51. The molecule has 0 radical (unpaired) electrons. The van der Waals surface area contributed by atoms with Crippen LogP contribution in [0.15, 0.2) is 72.0 Å². The molecule has 4 rings (SSSR count). The van der Waals surface area contributed by atoms with E-state index in [0.29, 0.717) is 28.8 Å². The van der Waals surface area contributed by atoms with Gasteiger partial charge in [0.15, 0.2) is 16.8 Å². The number of rotatable bonds is 6. The first kappa shape index (κ1) is 23.7. The minimum atomic E-state index is -4.60. The van der Waals surface area contributed by atoms with Gasteiger partial charge in [-0.2, -0.15) is 13.2 Å². The van der Waals surface area contributed by atoms with Gasteiger partial charge in [-0.15, -0.1) is 10.2 Å². The number of halogens is 5. The molecule has 0 aliphatic carbocycles. The number of benzene rings is 2. The lowest BCUT2D eigenvalue weighted by Crippen LogP contribution is -2.16. The normalized spacial score (nSPS) is 11.4. The number of carbonyl (C=O) groups is 1. The Morgan fingerprint density at radius 3 is 2.41 bits per heavy atom. The Morgan fingerprint density at radius 1 is 1.06 bits per heavy atom. The zero-order chi connectivity index (χ0) is 24.3. The van der Waals surface area contributed by atoms with Crippen LogP contribution in [0.4, 0.5) is 23.4 Å². The highest BCUT2D eigenvalue weighted by Crippen LogP contribution is 2.33. The molecule has 0 saturated heterocycles. The third kappa shape index (κ3) is 5.37. The number of pyridine rings is 1. The van der Waals surface area contributed by atoms with E-state index in [0.717, 1.165) is 17.4 Å². The van der Waals surface area contributed by atoms with Gasteiger partial charge in [0.05, 0.1) is 16.3 Å². The maximum atomic E-state index is 13.4. The molecule has 4 aromatic rings. The predicted molar refractivity (Wildman–Crippen MR) is 120 cm³/mol. The van der Waals surface area contributed by atoms with Gasteiger partial charge in [0.1, 0.15) is 5.82 Å². The number of alkyl halides is 3. The summed E-state index contributed by atoms with van der Waals surface area (Å²) in [7, 11) is 0. The van der Waals surface area contributed by atoms with Gasteiger partial charge < -0.3 is 5.32 Å². The molecule has 0 bridgehead atoms. The number of hydrogen-bond acceptors (Lipinski definition) is 5. The second-order valence-corrected chi connectivity index (χ2v) is 8.22. The molecule has 2 aromatic carbocycles. The molecule has 1 N–H and O–H groups in total. The van der Waals surface area contributed by atoms with E-state index in [4.69, 9.17) is 11.6 Å². The molecule has 0 aliphatic heterocycles. The van der Waals surface area contributed by atoms with Crippen molar-refractivity contribution in [3.63, 3.8) is 0 Å². The molecule has 0 saturated carbocycles. The van der Waals surface area contributed by atoms with E-state index in [1.54, 1.807) is 16.7 Å². The first-order valence-corrected chi connectivity index (χ1v) is 11.0. The summed E-state index contributed by atoms with van der Waals surface area (Å²) in [4.78, 5) is 16.0. The van der Waals surface area contributed by atoms with Gasteiger partial charge in [-0.3, -0.25) is 9.36 Å². The lowest BCUT2D eigenvalue weighted by Gasteiger charge is -2.11. The Morgan fingerprint density at radius 2 is 1.76 bits per heavy atom. The van der Waals surface area contributed by atoms with E-state index >= 15 is 0 Å². The highest BCUT2D eigenvalue weighted by atomic mass is 35.5. The molecule has 174 valence electrons. The van der Waals surface area contributed by atoms with Crippen LogP contribution < -0.4 is 5.32 Å². The summed E-state index contributed by atoms with van der Waals surface area (Å²) in [5, 5.41) is 10.8. The lowest BCUT2D eigenvalue weighted by atomic mass is 10.2. The van der Waals surface area contributed by atoms with Crippen LogP contribution in [-0.2, 0) is 11.0 Å². The summed E-state index contributed by atoms with van der Waals surface area (Å²) in [5.74, 6) is -0.826. The molecule has 0 fully saturated rings. The number of thioether (sulfide) groups is 1. The van der Waals surface area contributed by atoms with Crippen LogP contribution >= 0.6 is 23.4 Å². The highest BCUT2D eigenvalue weighted by molar-refractivity contribution is 7.99. The average molecular weight is 508 g/mol. The number of amides is 1. The zero-order valence-electron chi connectivity index (χ0n) is 17.1. The molecule has 1 amide bonds. The standard InChI is InChI=1S/C22H14ClF4N5OS/c23-17-10-14(22(25,26)27)11-28-19(17)29-18(33)12-34-21-31-30-20(13-6-8-15(24)9-7-13)32(21)16-4-2-1-3-5-16/h1-11H,12H2,(H,28,29,33). The number of nitrogens with zero attached hydrogens (tertiary/aromatic N) is 4. The van der Waals surface area contributed by atoms with Gasteiger partial charge >= 0.3 is 6.18 Å². The quantitative estimate of drug-likeness (QED) is 0.261. The van der Waals surface area contributed by atoms with Crippen molar-refractivity contribution in [3.8, 4) is 17.1 Å². The molecule has 34 heavy (non-hydrogen) atoms. The fourth-order valence-corrected chi connectivity index (χ4v) is 3.91. The predicted octanol–water partition coefficient (Wildman–Crippen LogP) is 5.87.